The molecule has 1 saturated heterocycles. The van der Waals surface area contributed by atoms with Gasteiger partial charge in [0, 0.05) is 12.6 Å². The summed E-state index contributed by atoms with van der Waals surface area (Å²) in [6.07, 6.45) is 1.49. The number of hydrogen-bond donors (Lipinski definition) is 1. The Morgan fingerprint density at radius 1 is 1.17 bits per heavy atom. The zero-order chi connectivity index (χ0) is 13.2. The van der Waals surface area contributed by atoms with Crippen LogP contribution in [0.5, 0.6) is 0 Å². The number of nitrogens with one attached hydrogen (secondary N) is 1. The van der Waals surface area contributed by atoms with Crippen molar-refractivity contribution in [2.24, 2.45) is 0 Å². The Balaban J connectivity index is 1.87. The van der Waals surface area contributed by atoms with E-state index in [1.54, 1.807) is 0 Å². The average Bonchev–Trinajstić information content (AvgIpc) is 2.32. The SMILES string of the molecule is Cc1ccc(CNC2CCS(=O)(=O)CC2)cc1C. The van der Waals surface area contributed by atoms with E-state index in [1.807, 2.05) is 0 Å². The van der Waals surface area contributed by atoms with Crippen molar-refractivity contribution in [2.45, 2.75) is 39.3 Å². The van der Waals surface area contributed by atoms with Gasteiger partial charge < -0.3 is 5.32 Å². The van der Waals surface area contributed by atoms with Gasteiger partial charge in [-0.15, -0.1) is 0 Å². The predicted molar refractivity (Wildman–Crippen MR) is 74.4 cm³/mol. The summed E-state index contributed by atoms with van der Waals surface area (Å²) >= 11 is 0. The van der Waals surface area contributed by atoms with Gasteiger partial charge >= 0.3 is 0 Å². The molecule has 0 atom stereocenters. The maximum atomic E-state index is 11.3. The number of aryl methyl sites for hydroxylation is 2. The Labute approximate surface area is 110 Å². The van der Waals surface area contributed by atoms with Crippen LogP contribution in [0.15, 0.2) is 18.2 Å². The molecule has 2 rings (SSSR count). The molecule has 18 heavy (non-hydrogen) atoms. The maximum absolute atomic E-state index is 11.3. The molecule has 1 aliphatic heterocycles. The lowest BCUT2D eigenvalue weighted by atomic mass is 10.1. The highest BCUT2D eigenvalue weighted by atomic mass is 32.2. The molecule has 1 aromatic rings. The van der Waals surface area contributed by atoms with E-state index in [9.17, 15) is 8.42 Å². The third-order valence-electron chi connectivity index (χ3n) is 3.72. The lowest BCUT2D eigenvalue weighted by Crippen LogP contribution is -2.37. The van der Waals surface area contributed by atoms with E-state index in [1.165, 1.54) is 16.7 Å². The van der Waals surface area contributed by atoms with Crippen LogP contribution in [0.1, 0.15) is 29.5 Å². The minimum absolute atomic E-state index is 0.331. The fraction of sp³-hybridized carbons (Fsp3) is 0.571. The zero-order valence-corrected chi connectivity index (χ0v) is 11.9. The van der Waals surface area contributed by atoms with Crippen molar-refractivity contribution in [3.05, 3.63) is 34.9 Å². The fourth-order valence-corrected chi connectivity index (χ4v) is 3.76. The summed E-state index contributed by atoms with van der Waals surface area (Å²) in [6, 6.07) is 6.81. The van der Waals surface area contributed by atoms with Crippen molar-refractivity contribution in [1.82, 2.24) is 5.32 Å². The van der Waals surface area contributed by atoms with Gasteiger partial charge in [-0.3, -0.25) is 0 Å². The van der Waals surface area contributed by atoms with Crippen LogP contribution < -0.4 is 5.32 Å². The normalized spacial score (nSPS) is 19.9. The van der Waals surface area contributed by atoms with Crippen LogP contribution >= 0.6 is 0 Å². The molecule has 1 aliphatic rings. The summed E-state index contributed by atoms with van der Waals surface area (Å²) in [4.78, 5) is 0. The summed E-state index contributed by atoms with van der Waals surface area (Å²) in [5, 5.41) is 3.46. The average molecular weight is 267 g/mol. The molecule has 0 aromatic heterocycles. The van der Waals surface area contributed by atoms with Crippen molar-refractivity contribution in [2.75, 3.05) is 11.5 Å². The second-order valence-electron chi connectivity index (χ2n) is 5.23. The van der Waals surface area contributed by atoms with Crippen LogP contribution in [-0.4, -0.2) is 26.0 Å². The van der Waals surface area contributed by atoms with E-state index in [-0.39, 0.29) is 0 Å². The minimum Gasteiger partial charge on any atom is -0.310 e. The Hall–Kier alpha value is -0.870. The summed E-state index contributed by atoms with van der Waals surface area (Å²) in [5.74, 6) is 0.662. The lowest BCUT2D eigenvalue weighted by Gasteiger charge is -2.23. The first-order chi connectivity index (χ1) is 8.46. The van der Waals surface area contributed by atoms with E-state index in [0.29, 0.717) is 17.5 Å². The molecule has 4 heteroatoms. The van der Waals surface area contributed by atoms with Crippen LogP contribution in [0.25, 0.3) is 0 Å². The van der Waals surface area contributed by atoms with Crippen LogP contribution in [-0.2, 0) is 16.4 Å². The molecule has 0 aliphatic carbocycles. The second-order valence-corrected chi connectivity index (χ2v) is 7.53. The minimum atomic E-state index is -2.75. The molecule has 1 N–H and O–H groups in total. The first kappa shape index (κ1) is 13.6. The summed E-state index contributed by atoms with van der Waals surface area (Å²) in [7, 11) is -2.75. The first-order valence-corrected chi connectivity index (χ1v) is 8.28. The third-order valence-corrected chi connectivity index (χ3v) is 5.44. The molecule has 1 aromatic carbocycles. The van der Waals surface area contributed by atoms with Gasteiger partial charge in [-0.05, 0) is 43.4 Å². The summed E-state index contributed by atoms with van der Waals surface area (Å²) < 4.78 is 22.6. The standard InChI is InChI=1S/C14H21NO2S/c1-11-3-4-13(9-12(11)2)10-15-14-5-7-18(16,17)8-6-14/h3-4,9,14-15H,5-8,10H2,1-2H3. The molecule has 100 valence electrons. The van der Waals surface area contributed by atoms with Gasteiger partial charge in [0.05, 0.1) is 11.5 Å². The van der Waals surface area contributed by atoms with Gasteiger partial charge in [-0.2, -0.15) is 0 Å². The van der Waals surface area contributed by atoms with Crippen molar-refractivity contribution >= 4 is 9.84 Å². The van der Waals surface area contributed by atoms with Crippen molar-refractivity contribution in [1.29, 1.82) is 0 Å². The summed E-state index contributed by atoms with van der Waals surface area (Å²) in [6.45, 7) is 5.05. The number of benzene rings is 1. The van der Waals surface area contributed by atoms with E-state index in [2.05, 4.69) is 37.4 Å². The Morgan fingerprint density at radius 2 is 1.83 bits per heavy atom. The van der Waals surface area contributed by atoms with E-state index >= 15 is 0 Å². The Morgan fingerprint density at radius 3 is 2.44 bits per heavy atom. The zero-order valence-electron chi connectivity index (χ0n) is 11.1. The third kappa shape index (κ3) is 3.56. The van der Waals surface area contributed by atoms with E-state index in [0.717, 1.165) is 19.4 Å². The molecule has 0 radical (unpaired) electrons. The highest BCUT2D eigenvalue weighted by molar-refractivity contribution is 7.91. The van der Waals surface area contributed by atoms with E-state index < -0.39 is 9.84 Å². The van der Waals surface area contributed by atoms with Gasteiger partial charge in [0.2, 0.25) is 0 Å². The fourth-order valence-electron chi connectivity index (χ4n) is 2.27. The van der Waals surface area contributed by atoms with Crippen LogP contribution in [0.2, 0.25) is 0 Å². The van der Waals surface area contributed by atoms with Crippen LogP contribution in [0.3, 0.4) is 0 Å². The van der Waals surface area contributed by atoms with Gasteiger partial charge in [-0.1, -0.05) is 18.2 Å². The van der Waals surface area contributed by atoms with Gasteiger partial charge in [0.15, 0.2) is 0 Å². The van der Waals surface area contributed by atoms with Gasteiger partial charge in [-0.25, -0.2) is 8.42 Å². The molecule has 1 heterocycles. The monoisotopic (exact) mass is 267 g/mol. The largest absolute Gasteiger partial charge is 0.310 e. The summed E-state index contributed by atoms with van der Waals surface area (Å²) in [5.41, 5.74) is 3.88. The highest BCUT2D eigenvalue weighted by Gasteiger charge is 2.22. The molecular formula is C14H21NO2S. The van der Waals surface area contributed by atoms with Crippen molar-refractivity contribution < 1.29 is 8.42 Å². The Bertz CT molecular complexity index is 509. The number of rotatable bonds is 3. The van der Waals surface area contributed by atoms with Crippen molar-refractivity contribution in [3.63, 3.8) is 0 Å². The maximum Gasteiger partial charge on any atom is 0.150 e. The molecular weight excluding hydrogens is 246 g/mol. The van der Waals surface area contributed by atoms with Gasteiger partial charge in [0.1, 0.15) is 9.84 Å². The molecule has 0 spiro atoms. The molecule has 0 unspecified atom stereocenters. The van der Waals surface area contributed by atoms with Crippen LogP contribution in [0.4, 0.5) is 0 Å². The molecule has 3 nitrogen and oxygen atoms in total. The van der Waals surface area contributed by atoms with Crippen molar-refractivity contribution in [3.8, 4) is 0 Å². The number of hydrogen-bond acceptors (Lipinski definition) is 3. The lowest BCUT2D eigenvalue weighted by molar-refractivity contribution is 0.463. The number of sulfone groups is 1. The molecule has 0 amide bonds. The predicted octanol–water partition coefficient (Wildman–Crippen LogP) is 1.97. The van der Waals surface area contributed by atoms with Gasteiger partial charge in [0.25, 0.3) is 0 Å². The topological polar surface area (TPSA) is 46.2 Å². The highest BCUT2D eigenvalue weighted by Crippen LogP contribution is 2.14. The molecule has 0 bridgehead atoms. The second kappa shape index (κ2) is 5.41. The first-order valence-electron chi connectivity index (χ1n) is 6.46. The molecule has 0 saturated carbocycles. The Kier molecular flexibility index (Phi) is 4.07. The van der Waals surface area contributed by atoms with E-state index in [4.69, 9.17) is 0 Å². The smallest absolute Gasteiger partial charge is 0.150 e. The quantitative estimate of drug-likeness (QED) is 0.911. The van der Waals surface area contributed by atoms with Crippen LogP contribution in [0, 0.1) is 13.8 Å². The molecule has 1 fully saturated rings.